The number of anilines is 6. The van der Waals surface area contributed by atoms with Crippen molar-refractivity contribution in [3.63, 3.8) is 0 Å². The van der Waals surface area contributed by atoms with E-state index in [-0.39, 0.29) is 60.9 Å². The number of rotatable bonds is 3. The molecule has 7 aliphatic rings. The summed E-state index contributed by atoms with van der Waals surface area (Å²) in [7, 11) is 0. The summed E-state index contributed by atoms with van der Waals surface area (Å²) < 4.78 is 7.93. The van der Waals surface area contributed by atoms with Gasteiger partial charge in [-0.05, 0) is 258 Å². The molecule has 0 N–H and O–H groups in total. The Morgan fingerprint density at radius 1 is 0.361 bits per heavy atom. The van der Waals surface area contributed by atoms with E-state index in [4.69, 9.17) is 4.42 Å². The molecule has 5 aliphatic carbocycles. The highest BCUT2D eigenvalue weighted by Gasteiger charge is 2.52. The van der Waals surface area contributed by atoms with Crippen LogP contribution in [-0.4, -0.2) is 6.71 Å². The second kappa shape index (κ2) is 16.9. The van der Waals surface area contributed by atoms with Crippen molar-refractivity contribution >= 4 is 68.4 Å². The number of benzene rings is 6. The van der Waals surface area contributed by atoms with Crippen molar-refractivity contribution < 1.29 is 4.42 Å². The number of hydrogen-bond donors (Lipinski definition) is 0. The largest absolute Gasteiger partial charge is 0.468 e. The summed E-state index contributed by atoms with van der Waals surface area (Å²) in [4.78, 5) is 5.54. The lowest BCUT2D eigenvalue weighted by Crippen LogP contribution is -2.61. The van der Waals surface area contributed by atoms with Gasteiger partial charge in [0.2, 0.25) is 0 Å². The Bertz CT molecular complexity index is 3970. The summed E-state index contributed by atoms with van der Waals surface area (Å²) in [6.07, 6.45) is 11.6. The molecule has 3 heterocycles. The van der Waals surface area contributed by atoms with E-state index in [1.165, 1.54) is 142 Å². The number of fused-ring (bicyclic) bond motifs is 11. The Kier molecular flexibility index (Phi) is 11.3. The van der Waals surface area contributed by atoms with E-state index >= 15 is 0 Å². The molecule has 0 amide bonds. The molecule has 6 aromatic carbocycles. The first-order valence-electron chi connectivity index (χ1n) is 32.5. The molecule has 14 rings (SSSR count). The zero-order chi connectivity index (χ0) is 59.3. The first kappa shape index (κ1) is 55.4. The van der Waals surface area contributed by atoms with Crippen LogP contribution in [0.1, 0.15) is 264 Å². The van der Waals surface area contributed by atoms with Crippen LogP contribution in [0.5, 0.6) is 0 Å². The van der Waals surface area contributed by atoms with Crippen molar-refractivity contribution in [2.45, 2.75) is 264 Å². The molecule has 0 radical (unpaired) electrons. The second-order valence-electron chi connectivity index (χ2n) is 34.7. The van der Waals surface area contributed by atoms with E-state index in [1.54, 1.807) is 0 Å². The van der Waals surface area contributed by atoms with E-state index in [0.29, 0.717) is 0 Å². The fraction of sp³-hybridized carbons (Fsp3) is 0.519. The molecule has 2 aliphatic heterocycles. The highest BCUT2D eigenvalue weighted by molar-refractivity contribution is 7.00. The monoisotopic (exact) mass is 1100 g/mol. The van der Waals surface area contributed by atoms with Gasteiger partial charge in [-0.3, -0.25) is 0 Å². The molecule has 0 atom stereocenters. The number of hydrogen-bond acceptors (Lipinski definition) is 3. The maximum absolute atomic E-state index is 7.93. The molecule has 0 saturated carbocycles. The molecular formula is C79H97BN2O. The zero-order valence-electron chi connectivity index (χ0n) is 55.0. The van der Waals surface area contributed by atoms with Gasteiger partial charge in [-0.2, -0.15) is 0 Å². The van der Waals surface area contributed by atoms with Crippen LogP contribution in [0.3, 0.4) is 0 Å². The fourth-order valence-electron chi connectivity index (χ4n) is 17.9. The van der Waals surface area contributed by atoms with Crippen molar-refractivity contribution in [1.29, 1.82) is 0 Å². The predicted molar refractivity (Wildman–Crippen MR) is 357 cm³/mol. The van der Waals surface area contributed by atoms with Crippen molar-refractivity contribution in [3.8, 4) is 11.1 Å². The molecule has 83 heavy (non-hydrogen) atoms. The van der Waals surface area contributed by atoms with Crippen molar-refractivity contribution in [1.82, 2.24) is 0 Å². The van der Waals surface area contributed by atoms with Gasteiger partial charge in [-0.25, -0.2) is 0 Å². The molecular weight excluding hydrogens is 1000 g/mol. The molecule has 432 valence electrons. The summed E-state index contributed by atoms with van der Waals surface area (Å²) >= 11 is 0. The van der Waals surface area contributed by atoms with Gasteiger partial charge in [0.1, 0.15) is 5.58 Å². The Balaban J connectivity index is 1.15. The lowest BCUT2D eigenvalue weighted by molar-refractivity contribution is 0.331. The number of furan rings is 1. The second-order valence-corrected chi connectivity index (χ2v) is 34.7. The maximum atomic E-state index is 7.93. The van der Waals surface area contributed by atoms with Crippen LogP contribution in [0.2, 0.25) is 0 Å². The van der Waals surface area contributed by atoms with Gasteiger partial charge >= 0.3 is 0 Å². The average Bonchev–Trinajstić information content (AvgIpc) is 1.75. The predicted octanol–water partition coefficient (Wildman–Crippen LogP) is 20.2. The van der Waals surface area contributed by atoms with Gasteiger partial charge in [0.15, 0.2) is 0 Å². The Labute approximate surface area is 500 Å². The van der Waals surface area contributed by atoms with Crippen LogP contribution in [0, 0.1) is 6.92 Å². The van der Waals surface area contributed by atoms with Crippen molar-refractivity contribution in [2.75, 3.05) is 9.80 Å². The van der Waals surface area contributed by atoms with Crippen LogP contribution in [0.15, 0.2) is 89.3 Å². The SMILES string of the molecule is Cc1cc2c3c(c1)N(c1ccc4c(c1)C(C)(C)CCC4(C)C)c1c(oc4cc5c(cc14)C(C)(C)CCC5(C)C)B3c1cc3c(cc1N2c1cc2c(cc1-c1cccc4c1C(C)(C)CCC4(C)C)C(C)(C)CCC2(C)C)C(C)(C)CCC3(C)C. The third-order valence-corrected chi connectivity index (χ3v) is 24.2. The van der Waals surface area contributed by atoms with E-state index < -0.39 is 0 Å². The molecule has 1 aromatic heterocycles. The standard InChI is InChI=1S/C79H97BN2O/c1-46-37-63-67-64(38-46)82(61-43-57-54(73(8,9)29-32-76(57,14)15)40-49(61)48-23-22-24-52-66(48)79(20,21)36-35-71(52,4)5)62-44-58-56(75(12,13)31-33-77(58,16)17)42-60(62)80(67)69-68(50-41-55-59(45-65(50)83-69)78(18,19)34-30-74(55,10)11)81(63)47-25-26-51-53(39-47)72(6,7)28-27-70(51,2)3/h22-26,37-45H,27-36H2,1-21H3. The normalized spacial score (nSPS) is 23.2. The van der Waals surface area contributed by atoms with Gasteiger partial charge in [-0.1, -0.05) is 169 Å². The van der Waals surface area contributed by atoms with Gasteiger partial charge in [-0.15, -0.1) is 0 Å². The minimum Gasteiger partial charge on any atom is -0.468 e. The smallest absolute Gasteiger partial charge is 0.297 e. The van der Waals surface area contributed by atoms with Crippen molar-refractivity contribution in [3.05, 3.63) is 146 Å². The number of nitrogens with zero attached hydrogens (tertiary/aromatic N) is 2. The number of aryl methyl sites for hydroxylation is 1. The van der Waals surface area contributed by atoms with Crippen LogP contribution in [0.25, 0.3) is 22.1 Å². The molecule has 4 heteroatoms. The molecule has 0 saturated heterocycles. The minimum absolute atomic E-state index is 0.00743. The third kappa shape index (κ3) is 7.86. The van der Waals surface area contributed by atoms with Crippen molar-refractivity contribution in [2.24, 2.45) is 0 Å². The lowest BCUT2D eigenvalue weighted by atomic mass is 9.35. The zero-order valence-corrected chi connectivity index (χ0v) is 55.0. The Morgan fingerprint density at radius 2 is 0.795 bits per heavy atom. The molecule has 3 nitrogen and oxygen atoms in total. The summed E-state index contributed by atoms with van der Waals surface area (Å²) in [5.41, 5.74) is 31.6. The van der Waals surface area contributed by atoms with Gasteiger partial charge in [0.05, 0.1) is 17.0 Å². The van der Waals surface area contributed by atoms with Crippen LogP contribution in [-0.2, 0) is 54.1 Å². The molecule has 0 fully saturated rings. The first-order chi connectivity index (χ1) is 38.5. The molecule has 7 aromatic rings. The average molecular weight is 1100 g/mol. The minimum atomic E-state index is -0.150. The van der Waals surface area contributed by atoms with Gasteiger partial charge in [0, 0.05) is 33.7 Å². The first-order valence-corrected chi connectivity index (χ1v) is 32.5. The van der Waals surface area contributed by atoms with Crippen LogP contribution >= 0.6 is 0 Å². The van der Waals surface area contributed by atoms with Gasteiger partial charge < -0.3 is 14.2 Å². The Hall–Kier alpha value is -5.48. The fourth-order valence-corrected chi connectivity index (χ4v) is 17.9. The highest BCUT2D eigenvalue weighted by atomic mass is 16.3. The summed E-state index contributed by atoms with van der Waals surface area (Å²) in [5.74, 6) is 0. The molecule has 0 spiro atoms. The quantitative estimate of drug-likeness (QED) is 0.164. The van der Waals surface area contributed by atoms with E-state index in [2.05, 4.69) is 240 Å². The van der Waals surface area contributed by atoms with Gasteiger partial charge in [0.25, 0.3) is 6.71 Å². The maximum Gasteiger partial charge on any atom is 0.297 e. The highest BCUT2D eigenvalue weighted by Crippen LogP contribution is 2.59. The summed E-state index contributed by atoms with van der Waals surface area (Å²) in [6, 6.07) is 36.1. The van der Waals surface area contributed by atoms with E-state index in [9.17, 15) is 0 Å². The molecule has 0 unspecified atom stereocenters. The third-order valence-electron chi connectivity index (χ3n) is 24.2. The summed E-state index contributed by atoms with van der Waals surface area (Å²) in [6.45, 7) is 52.3. The topological polar surface area (TPSA) is 19.6 Å². The summed E-state index contributed by atoms with van der Waals surface area (Å²) in [5, 5.41) is 1.24. The Morgan fingerprint density at radius 3 is 1.35 bits per heavy atom. The van der Waals surface area contributed by atoms with E-state index in [1.807, 2.05) is 0 Å². The lowest BCUT2D eigenvalue weighted by Gasteiger charge is -2.48. The van der Waals surface area contributed by atoms with Crippen LogP contribution < -0.4 is 26.4 Å². The van der Waals surface area contributed by atoms with Crippen LogP contribution in [0.4, 0.5) is 34.1 Å². The molecule has 0 bridgehead atoms. The van der Waals surface area contributed by atoms with E-state index in [0.717, 1.165) is 56.2 Å².